The summed E-state index contributed by atoms with van der Waals surface area (Å²) in [5.74, 6) is 1.12. The van der Waals surface area contributed by atoms with Crippen molar-refractivity contribution < 1.29 is 9.53 Å². The summed E-state index contributed by atoms with van der Waals surface area (Å²) in [6, 6.07) is 13.7. The van der Waals surface area contributed by atoms with Gasteiger partial charge in [0.15, 0.2) is 5.82 Å². The Kier molecular flexibility index (Phi) is 5.80. The van der Waals surface area contributed by atoms with E-state index < -0.39 is 6.09 Å². The highest BCUT2D eigenvalue weighted by Gasteiger charge is 2.13. The molecule has 0 fully saturated rings. The number of aryl methyl sites for hydroxylation is 2. The minimum Gasteiger partial charge on any atom is -0.410 e. The summed E-state index contributed by atoms with van der Waals surface area (Å²) in [4.78, 5) is 17.3. The predicted molar refractivity (Wildman–Crippen MR) is 114 cm³/mol. The molecule has 0 bridgehead atoms. The van der Waals surface area contributed by atoms with Gasteiger partial charge in [0.25, 0.3) is 0 Å². The van der Waals surface area contributed by atoms with Crippen LogP contribution in [0.5, 0.6) is 5.75 Å². The van der Waals surface area contributed by atoms with E-state index in [1.807, 2.05) is 50.2 Å². The van der Waals surface area contributed by atoms with Crippen LogP contribution in [-0.4, -0.2) is 31.3 Å². The van der Waals surface area contributed by atoms with Gasteiger partial charge in [0, 0.05) is 23.6 Å². The molecule has 4 aromatic rings. The summed E-state index contributed by atoms with van der Waals surface area (Å²) in [5, 5.41) is 14.7. The smallest absolute Gasteiger partial charge is 0.410 e. The summed E-state index contributed by atoms with van der Waals surface area (Å²) in [6.45, 7) is 4.38. The van der Waals surface area contributed by atoms with Crippen molar-refractivity contribution in [3.63, 3.8) is 0 Å². The number of amides is 1. The van der Waals surface area contributed by atoms with E-state index in [4.69, 9.17) is 4.74 Å². The fourth-order valence-corrected chi connectivity index (χ4v) is 3.47. The van der Waals surface area contributed by atoms with Gasteiger partial charge in [0.05, 0.1) is 17.7 Å². The molecular formula is C21H20N6O2S. The maximum Gasteiger partial charge on any atom is 0.412 e. The number of tetrazole rings is 1. The van der Waals surface area contributed by atoms with Gasteiger partial charge >= 0.3 is 6.09 Å². The molecule has 0 aliphatic rings. The van der Waals surface area contributed by atoms with Crippen molar-refractivity contribution in [2.45, 2.75) is 26.8 Å². The molecule has 0 saturated carbocycles. The van der Waals surface area contributed by atoms with Gasteiger partial charge in [-0.3, -0.25) is 4.98 Å². The second-order valence-corrected chi connectivity index (χ2v) is 7.62. The van der Waals surface area contributed by atoms with Gasteiger partial charge in [-0.1, -0.05) is 36.8 Å². The number of carbonyl (C=O) groups is 1. The molecule has 8 nitrogen and oxygen atoms in total. The third kappa shape index (κ3) is 4.52. The molecule has 30 heavy (non-hydrogen) atoms. The number of ether oxygens (including phenoxy) is 1. The summed E-state index contributed by atoms with van der Waals surface area (Å²) in [6.07, 6.45) is 1.85. The molecule has 0 atom stereocenters. The van der Waals surface area contributed by atoms with E-state index in [0.717, 1.165) is 27.5 Å². The maximum absolute atomic E-state index is 12.3. The zero-order valence-electron chi connectivity index (χ0n) is 16.6. The van der Waals surface area contributed by atoms with Crippen LogP contribution in [0.2, 0.25) is 0 Å². The lowest BCUT2D eigenvalue weighted by atomic mass is 10.0. The minimum absolute atomic E-state index is 0.362. The molecule has 0 aliphatic heterocycles. The number of hydrogen-bond acceptors (Lipinski definition) is 7. The van der Waals surface area contributed by atoms with Crippen molar-refractivity contribution in [2.24, 2.45) is 0 Å². The van der Waals surface area contributed by atoms with Gasteiger partial charge in [-0.05, 0) is 40.6 Å². The van der Waals surface area contributed by atoms with Crippen molar-refractivity contribution in [2.75, 3.05) is 0 Å². The number of thiazole rings is 1. The second-order valence-electron chi connectivity index (χ2n) is 6.65. The second kappa shape index (κ2) is 8.83. The van der Waals surface area contributed by atoms with E-state index in [-0.39, 0.29) is 0 Å². The van der Waals surface area contributed by atoms with E-state index in [1.165, 1.54) is 16.9 Å². The Hall–Kier alpha value is -3.59. The topological polar surface area (TPSA) is 94.8 Å². The highest BCUT2D eigenvalue weighted by atomic mass is 32.1. The van der Waals surface area contributed by atoms with Gasteiger partial charge in [0.1, 0.15) is 5.75 Å². The van der Waals surface area contributed by atoms with Gasteiger partial charge < -0.3 is 10.1 Å². The third-order valence-electron chi connectivity index (χ3n) is 4.47. The van der Waals surface area contributed by atoms with Crippen LogP contribution in [0.15, 0.2) is 54.2 Å². The first kappa shape index (κ1) is 19.7. The molecule has 152 valence electrons. The SMILES string of the molecule is CCc1nnnn1-c1cc(OC(=O)NCc2cncs2)cc(-c2ccc(C)cc2)c1. The normalized spacial score (nSPS) is 10.7. The Morgan fingerprint density at radius 2 is 2.00 bits per heavy atom. The van der Waals surface area contributed by atoms with E-state index in [9.17, 15) is 4.79 Å². The van der Waals surface area contributed by atoms with Crippen LogP contribution < -0.4 is 10.1 Å². The van der Waals surface area contributed by atoms with Crippen LogP contribution >= 0.6 is 11.3 Å². The van der Waals surface area contributed by atoms with E-state index in [1.54, 1.807) is 22.5 Å². The summed E-state index contributed by atoms with van der Waals surface area (Å²) >= 11 is 1.47. The zero-order chi connectivity index (χ0) is 20.9. The monoisotopic (exact) mass is 420 g/mol. The fraction of sp³-hybridized carbons (Fsp3) is 0.190. The average Bonchev–Trinajstić information content (AvgIpc) is 3.44. The van der Waals surface area contributed by atoms with Crippen molar-refractivity contribution in [1.82, 2.24) is 30.5 Å². The molecule has 2 aromatic carbocycles. The Balaban J connectivity index is 1.64. The molecule has 1 amide bonds. The number of nitrogens with one attached hydrogen (secondary N) is 1. The Labute approximate surface area is 177 Å². The van der Waals surface area contributed by atoms with E-state index in [2.05, 4.69) is 25.8 Å². The fourth-order valence-electron chi connectivity index (χ4n) is 2.94. The molecule has 0 radical (unpaired) electrons. The van der Waals surface area contributed by atoms with Crippen LogP contribution in [0.3, 0.4) is 0 Å². The minimum atomic E-state index is -0.539. The quantitative estimate of drug-likeness (QED) is 0.508. The third-order valence-corrected chi connectivity index (χ3v) is 5.25. The lowest BCUT2D eigenvalue weighted by Crippen LogP contribution is -2.26. The van der Waals surface area contributed by atoms with Crippen molar-refractivity contribution in [3.8, 4) is 22.6 Å². The first-order valence-corrected chi connectivity index (χ1v) is 10.3. The number of carbonyl (C=O) groups excluding carboxylic acids is 1. The van der Waals surface area contributed by atoms with Crippen molar-refractivity contribution >= 4 is 17.4 Å². The molecule has 0 spiro atoms. The number of benzene rings is 2. The Morgan fingerprint density at radius 3 is 2.73 bits per heavy atom. The zero-order valence-corrected chi connectivity index (χ0v) is 17.4. The van der Waals surface area contributed by atoms with Crippen LogP contribution in [-0.2, 0) is 13.0 Å². The number of aromatic nitrogens is 5. The highest BCUT2D eigenvalue weighted by molar-refractivity contribution is 7.09. The number of nitrogens with zero attached hydrogens (tertiary/aromatic N) is 5. The number of rotatable bonds is 6. The van der Waals surface area contributed by atoms with Gasteiger partial charge in [-0.15, -0.1) is 16.4 Å². The average molecular weight is 420 g/mol. The molecule has 0 saturated heterocycles. The standard InChI is InChI=1S/C21H20N6O2S/c1-3-20-24-25-26-27(20)17-8-16(15-6-4-14(2)5-7-15)9-18(10-17)29-21(28)23-12-19-11-22-13-30-19/h4-11,13H,3,12H2,1-2H3,(H,23,28). The first-order valence-electron chi connectivity index (χ1n) is 9.45. The van der Waals surface area contributed by atoms with Crippen LogP contribution in [0.25, 0.3) is 16.8 Å². The molecular weight excluding hydrogens is 400 g/mol. The highest BCUT2D eigenvalue weighted by Crippen LogP contribution is 2.28. The molecule has 2 heterocycles. The Bertz CT molecular complexity index is 1140. The lowest BCUT2D eigenvalue weighted by molar-refractivity contribution is 0.200. The molecule has 2 aromatic heterocycles. The van der Waals surface area contributed by atoms with E-state index in [0.29, 0.717) is 18.7 Å². The molecule has 4 rings (SSSR count). The molecule has 0 unspecified atom stereocenters. The molecule has 9 heteroatoms. The molecule has 0 aliphatic carbocycles. The largest absolute Gasteiger partial charge is 0.412 e. The predicted octanol–water partition coefficient (Wildman–Crippen LogP) is 3.95. The Morgan fingerprint density at radius 1 is 1.17 bits per heavy atom. The van der Waals surface area contributed by atoms with Gasteiger partial charge in [0.2, 0.25) is 0 Å². The first-order chi connectivity index (χ1) is 14.6. The van der Waals surface area contributed by atoms with Gasteiger partial charge in [-0.2, -0.15) is 4.68 Å². The van der Waals surface area contributed by atoms with Crippen LogP contribution in [0.4, 0.5) is 4.79 Å². The van der Waals surface area contributed by atoms with Crippen molar-refractivity contribution in [1.29, 1.82) is 0 Å². The summed E-state index contributed by atoms with van der Waals surface area (Å²) in [5.41, 5.74) is 5.51. The number of hydrogen-bond donors (Lipinski definition) is 1. The molecule has 1 N–H and O–H groups in total. The lowest BCUT2D eigenvalue weighted by Gasteiger charge is -2.12. The van der Waals surface area contributed by atoms with E-state index >= 15 is 0 Å². The van der Waals surface area contributed by atoms with Crippen LogP contribution in [0, 0.1) is 6.92 Å². The summed E-state index contributed by atoms with van der Waals surface area (Å²) < 4.78 is 7.22. The maximum atomic E-state index is 12.3. The van der Waals surface area contributed by atoms with Crippen LogP contribution in [0.1, 0.15) is 23.2 Å². The van der Waals surface area contributed by atoms with Gasteiger partial charge in [-0.25, -0.2) is 4.79 Å². The van der Waals surface area contributed by atoms with Crippen molar-refractivity contribution in [3.05, 3.63) is 70.4 Å². The summed E-state index contributed by atoms with van der Waals surface area (Å²) in [7, 11) is 0.